The number of urea groups is 1. The van der Waals surface area contributed by atoms with Gasteiger partial charge in [0, 0.05) is 17.7 Å². The highest BCUT2D eigenvalue weighted by Gasteiger charge is 2.13. The quantitative estimate of drug-likeness (QED) is 0.502. The van der Waals surface area contributed by atoms with Gasteiger partial charge < -0.3 is 15.5 Å². The first-order chi connectivity index (χ1) is 11.5. The molecule has 6 heteroatoms. The first-order valence-electron chi connectivity index (χ1n) is 7.69. The maximum atomic E-state index is 11.8. The summed E-state index contributed by atoms with van der Waals surface area (Å²) in [6.45, 7) is 3.87. The van der Waals surface area contributed by atoms with Crippen molar-refractivity contribution in [2.75, 3.05) is 0 Å². The monoisotopic (exact) mass is 327 g/mol. The third-order valence-electron chi connectivity index (χ3n) is 3.64. The van der Waals surface area contributed by atoms with Crippen molar-refractivity contribution in [1.29, 1.82) is 0 Å². The number of phenolic OH excluding ortho intramolecular Hbond substituents is 2. The Bertz CT molecular complexity index is 743. The van der Waals surface area contributed by atoms with Crippen LogP contribution >= 0.6 is 0 Å². The van der Waals surface area contributed by atoms with Crippen LogP contribution in [0, 0.1) is 6.92 Å². The molecule has 0 aliphatic carbocycles. The molecule has 0 aliphatic rings. The van der Waals surface area contributed by atoms with Crippen LogP contribution in [0.1, 0.15) is 30.0 Å². The molecular formula is C18H21N3O3. The van der Waals surface area contributed by atoms with Gasteiger partial charge in [-0.25, -0.2) is 10.2 Å². The number of amides is 2. The minimum Gasteiger partial charge on any atom is -0.508 e. The fraction of sp³-hybridized carbons (Fsp3) is 0.222. The topological polar surface area (TPSA) is 94.0 Å². The standard InChI is InChI=1S/C18H21N3O3/c1-3-15(14-9-10-16(22)12(2)17(14)23)20-21-18(24)19-11-13-7-5-4-6-8-13/h4-10,22-23H,3,11H2,1-2H3,(H2,19,21,24)/b20-15+. The van der Waals surface area contributed by atoms with E-state index in [0.29, 0.717) is 29.8 Å². The largest absolute Gasteiger partial charge is 0.508 e. The van der Waals surface area contributed by atoms with Crippen molar-refractivity contribution in [1.82, 2.24) is 10.7 Å². The number of hydrazone groups is 1. The van der Waals surface area contributed by atoms with E-state index in [4.69, 9.17) is 0 Å². The number of phenols is 2. The number of aromatic hydroxyl groups is 2. The summed E-state index contributed by atoms with van der Waals surface area (Å²) >= 11 is 0. The third kappa shape index (κ3) is 4.25. The lowest BCUT2D eigenvalue weighted by atomic mass is 10.0. The molecule has 4 N–H and O–H groups in total. The zero-order chi connectivity index (χ0) is 17.5. The first kappa shape index (κ1) is 17.3. The van der Waals surface area contributed by atoms with Crippen molar-refractivity contribution in [2.45, 2.75) is 26.8 Å². The predicted octanol–water partition coefficient (Wildman–Crippen LogP) is 3.02. The molecule has 0 fully saturated rings. The van der Waals surface area contributed by atoms with Gasteiger partial charge in [0.2, 0.25) is 0 Å². The van der Waals surface area contributed by atoms with Gasteiger partial charge in [0.1, 0.15) is 11.5 Å². The minimum absolute atomic E-state index is 0.0141. The Kier molecular flexibility index (Phi) is 5.78. The lowest BCUT2D eigenvalue weighted by molar-refractivity contribution is 0.241. The van der Waals surface area contributed by atoms with E-state index in [9.17, 15) is 15.0 Å². The Morgan fingerprint density at radius 2 is 1.83 bits per heavy atom. The second kappa shape index (κ2) is 8.01. The Morgan fingerprint density at radius 3 is 2.50 bits per heavy atom. The molecule has 0 bridgehead atoms. The molecule has 0 radical (unpaired) electrons. The summed E-state index contributed by atoms with van der Waals surface area (Å²) < 4.78 is 0. The molecule has 24 heavy (non-hydrogen) atoms. The lowest BCUT2D eigenvalue weighted by Gasteiger charge is -2.11. The van der Waals surface area contributed by atoms with Crippen molar-refractivity contribution < 1.29 is 15.0 Å². The van der Waals surface area contributed by atoms with E-state index in [-0.39, 0.29) is 11.5 Å². The third-order valence-corrected chi connectivity index (χ3v) is 3.64. The molecule has 0 unspecified atom stereocenters. The van der Waals surface area contributed by atoms with E-state index in [1.54, 1.807) is 13.0 Å². The van der Waals surface area contributed by atoms with Crippen LogP contribution in [0.5, 0.6) is 11.5 Å². The number of hydrogen-bond acceptors (Lipinski definition) is 4. The van der Waals surface area contributed by atoms with Gasteiger partial charge in [-0.3, -0.25) is 0 Å². The van der Waals surface area contributed by atoms with E-state index in [0.717, 1.165) is 5.56 Å². The summed E-state index contributed by atoms with van der Waals surface area (Å²) in [5.74, 6) is -0.0256. The number of rotatable bonds is 5. The van der Waals surface area contributed by atoms with E-state index in [1.165, 1.54) is 6.07 Å². The van der Waals surface area contributed by atoms with Crippen LogP contribution in [0.15, 0.2) is 47.6 Å². The summed E-state index contributed by atoms with van der Waals surface area (Å²) in [4.78, 5) is 11.8. The molecular weight excluding hydrogens is 306 g/mol. The van der Waals surface area contributed by atoms with E-state index < -0.39 is 6.03 Å². The van der Waals surface area contributed by atoms with Crippen LogP contribution in [-0.2, 0) is 6.54 Å². The van der Waals surface area contributed by atoms with Gasteiger partial charge in [0.15, 0.2) is 0 Å². The fourth-order valence-corrected chi connectivity index (χ4v) is 2.19. The van der Waals surface area contributed by atoms with Gasteiger partial charge in [-0.1, -0.05) is 37.3 Å². The zero-order valence-electron chi connectivity index (χ0n) is 13.7. The van der Waals surface area contributed by atoms with Crippen LogP contribution in [-0.4, -0.2) is 22.0 Å². The number of benzene rings is 2. The molecule has 0 aromatic heterocycles. The molecule has 0 aliphatic heterocycles. The van der Waals surface area contributed by atoms with Gasteiger partial charge >= 0.3 is 6.03 Å². The maximum Gasteiger partial charge on any atom is 0.335 e. The number of carbonyl (C=O) groups excluding carboxylic acids is 1. The number of carbonyl (C=O) groups is 1. The average molecular weight is 327 g/mol. The van der Waals surface area contributed by atoms with Crippen molar-refractivity contribution in [3.8, 4) is 11.5 Å². The molecule has 2 amide bonds. The van der Waals surface area contributed by atoms with Gasteiger partial charge in [0.05, 0.1) is 5.71 Å². The maximum absolute atomic E-state index is 11.8. The minimum atomic E-state index is -0.431. The van der Waals surface area contributed by atoms with Gasteiger partial charge in [-0.05, 0) is 31.0 Å². The Labute approximate surface area is 140 Å². The van der Waals surface area contributed by atoms with Crippen LogP contribution < -0.4 is 10.7 Å². The highest BCUT2D eigenvalue weighted by atomic mass is 16.3. The van der Waals surface area contributed by atoms with Crippen molar-refractivity contribution in [3.63, 3.8) is 0 Å². The Hall–Kier alpha value is -3.02. The molecule has 2 aromatic carbocycles. The Balaban J connectivity index is 2.03. The molecule has 0 spiro atoms. The second-order valence-corrected chi connectivity index (χ2v) is 5.30. The number of nitrogens with zero attached hydrogens (tertiary/aromatic N) is 1. The van der Waals surface area contributed by atoms with Crippen molar-refractivity contribution in [3.05, 3.63) is 59.2 Å². The first-order valence-corrected chi connectivity index (χ1v) is 7.69. The summed E-state index contributed by atoms with van der Waals surface area (Å²) in [7, 11) is 0. The van der Waals surface area contributed by atoms with Crippen LogP contribution in [0.4, 0.5) is 4.79 Å². The molecule has 126 valence electrons. The molecule has 6 nitrogen and oxygen atoms in total. The van der Waals surface area contributed by atoms with Crippen LogP contribution in [0.2, 0.25) is 0 Å². The molecule has 0 saturated carbocycles. The van der Waals surface area contributed by atoms with Gasteiger partial charge in [0.25, 0.3) is 0 Å². The lowest BCUT2D eigenvalue weighted by Crippen LogP contribution is -2.32. The molecule has 0 heterocycles. The predicted molar refractivity (Wildman–Crippen MR) is 93.2 cm³/mol. The zero-order valence-corrected chi connectivity index (χ0v) is 13.7. The molecule has 0 atom stereocenters. The highest BCUT2D eigenvalue weighted by molar-refractivity contribution is 6.03. The second-order valence-electron chi connectivity index (χ2n) is 5.30. The summed E-state index contributed by atoms with van der Waals surface area (Å²) in [5.41, 5.74) is 4.79. The average Bonchev–Trinajstić information content (AvgIpc) is 2.61. The van der Waals surface area contributed by atoms with Crippen LogP contribution in [0.3, 0.4) is 0 Å². The molecule has 0 saturated heterocycles. The highest BCUT2D eigenvalue weighted by Crippen LogP contribution is 2.30. The fourth-order valence-electron chi connectivity index (χ4n) is 2.19. The number of hydrogen-bond donors (Lipinski definition) is 4. The van der Waals surface area contributed by atoms with Gasteiger partial charge in [-0.15, -0.1) is 0 Å². The Morgan fingerprint density at radius 1 is 1.12 bits per heavy atom. The summed E-state index contributed by atoms with van der Waals surface area (Å²) in [6, 6.07) is 12.2. The van der Waals surface area contributed by atoms with Gasteiger partial charge in [-0.2, -0.15) is 5.10 Å². The van der Waals surface area contributed by atoms with Crippen molar-refractivity contribution >= 4 is 11.7 Å². The normalized spacial score (nSPS) is 11.2. The SMILES string of the molecule is CC/C(=N\NC(=O)NCc1ccccc1)c1ccc(O)c(C)c1O. The summed E-state index contributed by atoms with van der Waals surface area (Å²) in [6.07, 6.45) is 0.511. The van der Waals surface area contributed by atoms with Crippen molar-refractivity contribution in [2.24, 2.45) is 5.10 Å². The number of nitrogens with one attached hydrogen (secondary N) is 2. The summed E-state index contributed by atoms with van der Waals surface area (Å²) in [5, 5.41) is 26.5. The smallest absolute Gasteiger partial charge is 0.335 e. The molecule has 2 rings (SSSR count). The van der Waals surface area contributed by atoms with E-state index >= 15 is 0 Å². The van der Waals surface area contributed by atoms with Crippen LogP contribution in [0.25, 0.3) is 0 Å². The molecule has 2 aromatic rings. The van der Waals surface area contributed by atoms with E-state index in [2.05, 4.69) is 15.8 Å². The van der Waals surface area contributed by atoms with E-state index in [1.807, 2.05) is 37.3 Å².